The van der Waals surface area contributed by atoms with Crippen molar-refractivity contribution in [1.29, 1.82) is 0 Å². The molecule has 1 fully saturated rings. The molecule has 0 aliphatic heterocycles. The van der Waals surface area contributed by atoms with Crippen LogP contribution in [0.3, 0.4) is 0 Å². The first-order valence-corrected chi connectivity index (χ1v) is 7.95. The van der Waals surface area contributed by atoms with E-state index in [2.05, 4.69) is 4.98 Å². The summed E-state index contributed by atoms with van der Waals surface area (Å²) in [5, 5.41) is 11.2. The third kappa shape index (κ3) is 2.47. The second kappa shape index (κ2) is 5.36. The van der Waals surface area contributed by atoms with Gasteiger partial charge in [-0.15, -0.1) is 0 Å². The third-order valence-corrected chi connectivity index (χ3v) is 4.45. The summed E-state index contributed by atoms with van der Waals surface area (Å²) < 4.78 is 0. The SMILES string of the molecule is O=C(O)c1c(C2CC2)nc2ccc(Cl)cc2c1-c1ccccc1. The highest BCUT2D eigenvalue weighted by Gasteiger charge is 2.32. The van der Waals surface area contributed by atoms with E-state index in [1.54, 1.807) is 12.1 Å². The first-order valence-electron chi connectivity index (χ1n) is 7.57. The number of aromatic carboxylic acids is 1. The minimum atomic E-state index is -0.930. The van der Waals surface area contributed by atoms with Gasteiger partial charge in [0.05, 0.1) is 16.8 Å². The molecule has 3 nitrogen and oxygen atoms in total. The monoisotopic (exact) mass is 323 g/mol. The molecule has 4 rings (SSSR count). The maximum Gasteiger partial charge on any atom is 0.338 e. The Kier molecular flexibility index (Phi) is 3.31. The number of halogens is 1. The lowest BCUT2D eigenvalue weighted by molar-refractivity contribution is 0.0696. The normalized spacial score (nSPS) is 14.1. The lowest BCUT2D eigenvalue weighted by Crippen LogP contribution is -2.08. The predicted octanol–water partition coefficient (Wildman–Crippen LogP) is 5.13. The number of carboxylic acid groups (broad SMARTS) is 1. The zero-order valence-electron chi connectivity index (χ0n) is 12.3. The molecular formula is C19H14ClNO2. The van der Waals surface area contributed by atoms with Gasteiger partial charge in [0, 0.05) is 21.9 Å². The molecule has 0 unspecified atom stereocenters. The Labute approximate surface area is 138 Å². The van der Waals surface area contributed by atoms with Gasteiger partial charge in [0.15, 0.2) is 0 Å². The first kappa shape index (κ1) is 14.2. The average Bonchev–Trinajstić information content (AvgIpc) is 3.38. The molecule has 1 heterocycles. The number of aromatic nitrogens is 1. The van der Waals surface area contributed by atoms with E-state index >= 15 is 0 Å². The third-order valence-electron chi connectivity index (χ3n) is 4.22. The molecule has 0 saturated heterocycles. The van der Waals surface area contributed by atoms with E-state index in [0.717, 1.165) is 29.3 Å². The van der Waals surface area contributed by atoms with Crippen LogP contribution in [0, 0.1) is 0 Å². The molecule has 114 valence electrons. The number of benzene rings is 2. The molecule has 1 saturated carbocycles. The lowest BCUT2D eigenvalue weighted by Gasteiger charge is -2.15. The van der Waals surface area contributed by atoms with E-state index in [4.69, 9.17) is 11.6 Å². The zero-order valence-corrected chi connectivity index (χ0v) is 13.0. The van der Waals surface area contributed by atoms with E-state index in [-0.39, 0.29) is 5.92 Å². The summed E-state index contributed by atoms with van der Waals surface area (Å²) in [5.41, 5.74) is 3.40. The molecule has 0 atom stereocenters. The fourth-order valence-electron chi connectivity index (χ4n) is 3.03. The fraction of sp³-hybridized carbons (Fsp3) is 0.158. The highest BCUT2D eigenvalue weighted by Crippen LogP contribution is 2.45. The van der Waals surface area contributed by atoms with Crippen molar-refractivity contribution in [2.24, 2.45) is 0 Å². The van der Waals surface area contributed by atoms with Gasteiger partial charge in [-0.3, -0.25) is 4.98 Å². The number of carboxylic acids is 1. The van der Waals surface area contributed by atoms with Crippen LogP contribution in [-0.4, -0.2) is 16.1 Å². The van der Waals surface area contributed by atoms with Gasteiger partial charge in [-0.1, -0.05) is 41.9 Å². The maximum absolute atomic E-state index is 12.0. The predicted molar refractivity (Wildman–Crippen MR) is 91.1 cm³/mol. The van der Waals surface area contributed by atoms with Crippen molar-refractivity contribution in [3.05, 3.63) is 64.8 Å². The van der Waals surface area contributed by atoms with Crippen LogP contribution in [0.1, 0.15) is 34.8 Å². The number of rotatable bonds is 3. The molecule has 23 heavy (non-hydrogen) atoms. The first-order chi connectivity index (χ1) is 11.1. The number of hydrogen-bond donors (Lipinski definition) is 1. The largest absolute Gasteiger partial charge is 0.478 e. The van der Waals surface area contributed by atoms with Crippen molar-refractivity contribution in [2.75, 3.05) is 0 Å². The highest BCUT2D eigenvalue weighted by atomic mass is 35.5. The highest BCUT2D eigenvalue weighted by molar-refractivity contribution is 6.31. The van der Waals surface area contributed by atoms with Crippen LogP contribution in [0.5, 0.6) is 0 Å². The van der Waals surface area contributed by atoms with Crippen molar-refractivity contribution in [3.8, 4) is 11.1 Å². The van der Waals surface area contributed by atoms with Crippen LogP contribution in [0.2, 0.25) is 5.02 Å². The van der Waals surface area contributed by atoms with E-state index in [9.17, 15) is 9.90 Å². The molecular weight excluding hydrogens is 310 g/mol. The van der Waals surface area contributed by atoms with Gasteiger partial charge < -0.3 is 5.11 Å². The minimum Gasteiger partial charge on any atom is -0.478 e. The number of fused-ring (bicyclic) bond motifs is 1. The smallest absolute Gasteiger partial charge is 0.338 e. The van der Waals surface area contributed by atoms with Gasteiger partial charge >= 0.3 is 5.97 Å². The van der Waals surface area contributed by atoms with Gasteiger partial charge in [0.1, 0.15) is 0 Å². The van der Waals surface area contributed by atoms with Crippen LogP contribution in [0.25, 0.3) is 22.0 Å². The minimum absolute atomic E-state index is 0.253. The van der Waals surface area contributed by atoms with Gasteiger partial charge in [0.25, 0.3) is 0 Å². The second-order valence-electron chi connectivity index (χ2n) is 5.85. The number of pyridine rings is 1. The summed E-state index contributed by atoms with van der Waals surface area (Å²) in [7, 11) is 0. The van der Waals surface area contributed by atoms with Gasteiger partial charge in [-0.25, -0.2) is 4.79 Å². The van der Waals surface area contributed by atoms with Crippen molar-refractivity contribution in [2.45, 2.75) is 18.8 Å². The van der Waals surface area contributed by atoms with Crippen LogP contribution in [0.4, 0.5) is 0 Å². The molecule has 1 aliphatic carbocycles. The van der Waals surface area contributed by atoms with Gasteiger partial charge in [0.2, 0.25) is 0 Å². The summed E-state index contributed by atoms with van der Waals surface area (Å²) in [5.74, 6) is -0.677. The quantitative estimate of drug-likeness (QED) is 0.726. The van der Waals surface area contributed by atoms with Crippen LogP contribution in [-0.2, 0) is 0 Å². The molecule has 3 aromatic rings. The van der Waals surface area contributed by atoms with E-state index in [1.165, 1.54) is 0 Å². The van der Waals surface area contributed by atoms with Crippen molar-refractivity contribution in [3.63, 3.8) is 0 Å². The molecule has 0 bridgehead atoms. The molecule has 0 radical (unpaired) electrons. The standard InChI is InChI=1S/C19H14ClNO2/c20-13-8-9-15-14(10-13)16(11-4-2-1-3-5-11)17(19(22)23)18(21-15)12-6-7-12/h1-5,8-10,12H,6-7H2,(H,22,23). The Hall–Kier alpha value is -2.39. The summed E-state index contributed by atoms with van der Waals surface area (Å²) in [6, 6.07) is 15.1. The Morgan fingerprint density at radius 3 is 2.52 bits per heavy atom. The summed E-state index contributed by atoms with van der Waals surface area (Å²) in [6.07, 6.45) is 2.00. The van der Waals surface area contributed by atoms with Crippen LogP contribution >= 0.6 is 11.6 Å². The Balaban J connectivity index is 2.16. The summed E-state index contributed by atoms with van der Waals surface area (Å²) in [6.45, 7) is 0. The molecule has 1 aliphatic rings. The summed E-state index contributed by atoms with van der Waals surface area (Å²) >= 11 is 6.15. The Morgan fingerprint density at radius 1 is 1.13 bits per heavy atom. The van der Waals surface area contributed by atoms with Crippen LogP contribution < -0.4 is 0 Å². The molecule has 4 heteroatoms. The Morgan fingerprint density at radius 2 is 1.87 bits per heavy atom. The van der Waals surface area contributed by atoms with E-state index in [1.807, 2.05) is 36.4 Å². The number of carbonyl (C=O) groups is 1. The summed E-state index contributed by atoms with van der Waals surface area (Å²) in [4.78, 5) is 16.6. The van der Waals surface area contributed by atoms with Gasteiger partial charge in [-0.2, -0.15) is 0 Å². The average molecular weight is 324 g/mol. The number of hydrogen-bond acceptors (Lipinski definition) is 2. The zero-order chi connectivity index (χ0) is 16.0. The van der Waals surface area contributed by atoms with Gasteiger partial charge in [-0.05, 0) is 36.6 Å². The number of nitrogens with zero attached hydrogens (tertiary/aromatic N) is 1. The second-order valence-corrected chi connectivity index (χ2v) is 6.29. The maximum atomic E-state index is 12.0. The molecule has 0 spiro atoms. The van der Waals surface area contributed by atoms with Crippen molar-refractivity contribution in [1.82, 2.24) is 4.98 Å². The molecule has 1 aromatic heterocycles. The topological polar surface area (TPSA) is 50.2 Å². The lowest BCUT2D eigenvalue weighted by atomic mass is 9.93. The molecule has 2 aromatic carbocycles. The van der Waals surface area contributed by atoms with Crippen molar-refractivity contribution < 1.29 is 9.90 Å². The van der Waals surface area contributed by atoms with E-state index in [0.29, 0.717) is 21.8 Å². The van der Waals surface area contributed by atoms with Crippen LogP contribution in [0.15, 0.2) is 48.5 Å². The Bertz CT molecular complexity index is 918. The van der Waals surface area contributed by atoms with E-state index < -0.39 is 5.97 Å². The fourth-order valence-corrected chi connectivity index (χ4v) is 3.20. The van der Waals surface area contributed by atoms with Crippen molar-refractivity contribution >= 4 is 28.5 Å². The molecule has 1 N–H and O–H groups in total. The molecule has 0 amide bonds.